The third-order valence-electron chi connectivity index (χ3n) is 5.80. The molecule has 0 N–H and O–H groups in total. The molecule has 3 heterocycles. The van der Waals surface area contributed by atoms with Crippen LogP contribution in [0.3, 0.4) is 0 Å². The van der Waals surface area contributed by atoms with Gasteiger partial charge in [0.25, 0.3) is 0 Å². The first-order chi connectivity index (χ1) is 13.8. The van der Waals surface area contributed by atoms with E-state index in [1.54, 1.807) is 6.20 Å². The molecule has 0 bridgehead atoms. The molecule has 2 aromatic rings. The standard InChI is InChI=1S/C23H29N3O2/c27-22(11-10-19-7-6-12-24-17-19)26-15-16-28-21(18-25-13-4-5-14-25)23(26)20-8-2-1-3-9-20/h1-3,6-9,12,17,21,23H,4-5,10-11,13-16,18H2/t21-,23-/m0/s1. The fraction of sp³-hybridized carbons (Fsp3) is 0.478. The topological polar surface area (TPSA) is 45.7 Å². The first-order valence-corrected chi connectivity index (χ1v) is 10.4. The van der Waals surface area contributed by atoms with Gasteiger partial charge in [0.1, 0.15) is 0 Å². The quantitative estimate of drug-likeness (QED) is 0.774. The number of benzene rings is 1. The third kappa shape index (κ3) is 4.59. The Bertz CT molecular complexity index is 747. The molecule has 5 heteroatoms. The van der Waals surface area contributed by atoms with Gasteiger partial charge in [0, 0.05) is 31.9 Å². The second-order valence-corrected chi connectivity index (χ2v) is 7.72. The van der Waals surface area contributed by atoms with E-state index >= 15 is 0 Å². The minimum Gasteiger partial charge on any atom is -0.373 e. The largest absolute Gasteiger partial charge is 0.373 e. The number of aryl methyl sites for hydroxylation is 1. The molecule has 1 aromatic carbocycles. The van der Waals surface area contributed by atoms with Gasteiger partial charge in [-0.05, 0) is 49.5 Å². The van der Waals surface area contributed by atoms with E-state index in [-0.39, 0.29) is 18.1 Å². The third-order valence-corrected chi connectivity index (χ3v) is 5.80. The van der Waals surface area contributed by atoms with Gasteiger partial charge in [-0.3, -0.25) is 9.78 Å². The minimum atomic E-state index is -0.0167. The lowest BCUT2D eigenvalue weighted by Crippen LogP contribution is -2.51. The van der Waals surface area contributed by atoms with E-state index in [9.17, 15) is 4.79 Å². The molecule has 1 aromatic heterocycles. The smallest absolute Gasteiger partial charge is 0.223 e. The lowest BCUT2D eigenvalue weighted by Gasteiger charge is -2.43. The van der Waals surface area contributed by atoms with Crippen molar-refractivity contribution in [3.8, 4) is 0 Å². The minimum absolute atomic E-state index is 0.0167. The second-order valence-electron chi connectivity index (χ2n) is 7.72. The molecule has 5 nitrogen and oxygen atoms in total. The van der Waals surface area contributed by atoms with Gasteiger partial charge in [-0.25, -0.2) is 0 Å². The number of amides is 1. The highest BCUT2D eigenvalue weighted by atomic mass is 16.5. The van der Waals surface area contributed by atoms with Gasteiger partial charge in [-0.15, -0.1) is 0 Å². The number of hydrogen-bond donors (Lipinski definition) is 0. The summed E-state index contributed by atoms with van der Waals surface area (Å²) in [6, 6.07) is 14.3. The zero-order chi connectivity index (χ0) is 19.2. The number of carbonyl (C=O) groups excluding carboxylic acids is 1. The average molecular weight is 380 g/mol. The summed E-state index contributed by atoms with van der Waals surface area (Å²) < 4.78 is 6.20. The Balaban J connectivity index is 1.50. The molecule has 148 valence electrons. The van der Waals surface area contributed by atoms with E-state index < -0.39 is 0 Å². The maximum Gasteiger partial charge on any atom is 0.223 e. The van der Waals surface area contributed by atoms with Crippen molar-refractivity contribution in [2.45, 2.75) is 37.8 Å². The Labute approximate surface area is 167 Å². The summed E-state index contributed by atoms with van der Waals surface area (Å²) in [5.41, 5.74) is 2.27. The molecule has 0 spiro atoms. The molecule has 2 atom stereocenters. The number of likely N-dealkylation sites (tertiary alicyclic amines) is 1. The first kappa shape index (κ1) is 19.1. The Morgan fingerprint density at radius 2 is 1.89 bits per heavy atom. The Kier molecular flexibility index (Phi) is 6.34. The molecule has 2 aliphatic rings. The van der Waals surface area contributed by atoms with Crippen molar-refractivity contribution in [1.29, 1.82) is 0 Å². The second kappa shape index (κ2) is 9.30. The van der Waals surface area contributed by atoms with Crippen LogP contribution >= 0.6 is 0 Å². The van der Waals surface area contributed by atoms with Crippen molar-refractivity contribution < 1.29 is 9.53 Å². The number of rotatable bonds is 6. The van der Waals surface area contributed by atoms with Crippen molar-refractivity contribution in [2.75, 3.05) is 32.8 Å². The molecule has 4 rings (SSSR count). The molecule has 0 radical (unpaired) electrons. The maximum absolute atomic E-state index is 13.2. The maximum atomic E-state index is 13.2. The molecule has 0 unspecified atom stereocenters. The molecule has 0 aliphatic carbocycles. The molecular formula is C23H29N3O2. The van der Waals surface area contributed by atoms with E-state index in [2.05, 4.69) is 39.0 Å². The van der Waals surface area contributed by atoms with Gasteiger partial charge in [0.2, 0.25) is 5.91 Å². The average Bonchev–Trinajstić information content (AvgIpc) is 3.26. The highest BCUT2D eigenvalue weighted by Gasteiger charge is 2.37. The fourth-order valence-electron chi connectivity index (χ4n) is 4.37. The van der Waals surface area contributed by atoms with Crippen molar-refractivity contribution in [2.24, 2.45) is 0 Å². The van der Waals surface area contributed by atoms with E-state index in [0.717, 1.165) is 31.6 Å². The lowest BCUT2D eigenvalue weighted by molar-refractivity contribution is -0.148. The number of nitrogens with zero attached hydrogens (tertiary/aromatic N) is 3. The predicted molar refractivity (Wildman–Crippen MR) is 109 cm³/mol. The van der Waals surface area contributed by atoms with Crippen LogP contribution in [0.2, 0.25) is 0 Å². The van der Waals surface area contributed by atoms with E-state index in [1.807, 2.05) is 24.4 Å². The molecule has 2 aliphatic heterocycles. The summed E-state index contributed by atoms with van der Waals surface area (Å²) in [4.78, 5) is 21.9. The molecule has 28 heavy (non-hydrogen) atoms. The van der Waals surface area contributed by atoms with Crippen molar-refractivity contribution in [1.82, 2.24) is 14.8 Å². The van der Waals surface area contributed by atoms with Crippen molar-refractivity contribution >= 4 is 5.91 Å². The Morgan fingerprint density at radius 1 is 1.07 bits per heavy atom. The lowest BCUT2D eigenvalue weighted by atomic mass is 9.96. The van der Waals surface area contributed by atoms with Crippen molar-refractivity contribution in [3.05, 3.63) is 66.0 Å². The van der Waals surface area contributed by atoms with Crippen molar-refractivity contribution in [3.63, 3.8) is 0 Å². The molecule has 0 saturated carbocycles. The molecule has 1 amide bonds. The number of pyridine rings is 1. The molecule has 2 saturated heterocycles. The Hall–Kier alpha value is -2.24. The van der Waals surface area contributed by atoms with Gasteiger partial charge >= 0.3 is 0 Å². The van der Waals surface area contributed by atoms with Gasteiger partial charge < -0.3 is 14.5 Å². The van der Waals surface area contributed by atoms with E-state index in [4.69, 9.17) is 4.74 Å². The van der Waals surface area contributed by atoms with Crippen LogP contribution in [0.1, 0.15) is 36.4 Å². The zero-order valence-corrected chi connectivity index (χ0v) is 16.4. The van der Waals surface area contributed by atoms with Crippen LogP contribution < -0.4 is 0 Å². The van der Waals surface area contributed by atoms with Gasteiger partial charge in [0.15, 0.2) is 0 Å². The summed E-state index contributed by atoms with van der Waals surface area (Å²) in [5, 5.41) is 0. The van der Waals surface area contributed by atoms with Crippen LogP contribution in [0.5, 0.6) is 0 Å². The van der Waals surface area contributed by atoms with Gasteiger partial charge in [0.05, 0.1) is 18.8 Å². The van der Waals surface area contributed by atoms with Crippen LogP contribution in [0, 0.1) is 0 Å². The SMILES string of the molecule is O=C(CCc1cccnc1)N1CCO[C@@H](CN2CCCC2)[C@@H]1c1ccccc1. The highest BCUT2D eigenvalue weighted by molar-refractivity contribution is 5.77. The van der Waals surface area contributed by atoms with Crippen LogP contribution in [0.4, 0.5) is 0 Å². The number of ether oxygens (including phenoxy) is 1. The van der Waals surface area contributed by atoms with E-state index in [0.29, 0.717) is 19.6 Å². The summed E-state index contributed by atoms with van der Waals surface area (Å²) >= 11 is 0. The Morgan fingerprint density at radius 3 is 2.64 bits per heavy atom. The highest BCUT2D eigenvalue weighted by Crippen LogP contribution is 2.31. The number of hydrogen-bond acceptors (Lipinski definition) is 4. The summed E-state index contributed by atoms with van der Waals surface area (Å²) in [7, 11) is 0. The zero-order valence-electron chi connectivity index (χ0n) is 16.4. The van der Waals surface area contributed by atoms with E-state index in [1.165, 1.54) is 18.4 Å². The summed E-state index contributed by atoms with van der Waals surface area (Å²) in [6.45, 7) is 4.43. The van der Waals surface area contributed by atoms with Crippen LogP contribution in [0.25, 0.3) is 0 Å². The number of carbonyl (C=O) groups is 1. The number of morpholine rings is 1. The summed E-state index contributed by atoms with van der Waals surface area (Å²) in [6.07, 6.45) is 7.39. The van der Waals surface area contributed by atoms with Gasteiger partial charge in [-0.2, -0.15) is 0 Å². The fourth-order valence-corrected chi connectivity index (χ4v) is 4.37. The van der Waals surface area contributed by atoms with Crippen LogP contribution in [-0.2, 0) is 16.0 Å². The number of aromatic nitrogens is 1. The normalized spacial score (nSPS) is 23.1. The summed E-state index contributed by atoms with van der Waals surface area (Å²) in [5.74, 6) is 0.201. The molecular weight excluding hydrogens is 350 g/mol. The predicted octanol–water partition coefficient (Wildman–Crippen LogP) is 3.08. The molecule has 2 fully saturated rings. The van der Waals surface area contributed by atoms with Gasteiger partial charge in [-0.1, -0.05) is 36.4 Å². The van der Waals surface area contributed by atoms with Crippen LogP contribution in [0.15, 0.2) is 54.9 Å². The van der Waals surface area contributed by atoms with Crippen LogP contribution in [-0.4, -0.2) is 59.6 Å². The first-order valence-electron chi connectivity index (χ1n) is 10.4. The monoisotopic (exact) mass is 379 g/mol.